The number of hydrogen-bond donors (Lipinski definition) is 1. The molecule has 0 saturated carbocycles. The second kappa shape index (κ2) is 3.56. The monoisotopic (exact) mass is 185 g/mol. The van der Waals surface area contributed by atoms with E-state index in [1.165, 1.54) is 4.90 Å². The Bertz CT molecular complexity index is 196. The Morgan fingerprint density at radius 2 is 2.15 bits per heavy atom. The SMILES string of the molecule is CC(C)(C)CC1CCN(C(=O)O)C1. The fourth-order valence-corrected chi connectivity index (χ4v) is 2.04. The molecule has 1 N–H and O–H groups in total. The molecule has 0 aromatic rings. The normalized spacial score (nSPS) is 23.6. The van der Waals surface area contributed by atoms with Crippen molar-refractivity contribution in [3.05, 3.63) is 0 Å². The van der Waals surface area contributed by atoms with Gasteiger partial charge in [-0.2, -0.15) is 0 Å². The van der Waals surface area contributed by atoms with Crippen LogP contribution in [-0.4, -0.2) is 29.2 Å². The Labute approximate surface area is 79.7 Å². The first-order valence-corrected chi connectivity index (χ1v) is 4.86. The zero-order valence-corrected chi connectivity index (χ0v) is 8.71. The molecular formula is C10H19NO2. The van der Waals surface area contributed by atoms with Gasteiger partial charge in [0.1, 0.15) is 0 Å². The molecule has 3 heteroatoms. The number of rotatable bonds is 1. The van der Waals surface area contributed by atoms with E-state index in [4.69, 9.17) is 5.11 Å². The highest BCUT2D eigenvalue weighted by Crippen LogP contribution is 2.30. The molecule has 1 fully saturated rings. The maximum Gasteiger partial charge on any atom is 0.407 e. The topological polar surface area (TPSA) is 40.5 Å². The average molecular weight is 185 g/mol. The van der Waals surface area contributed by atoms with Crippen LogP contribution in [0, 0.1) is 11.3 Å². The largest absolute Gasteiger partial charge is 0.465 e. The van der Waals surface area contributed by atoms with E-state index in [-0.39, 0.29) is 0 Å². The molecule has 1 saturated heterocycles. The van der Waals surface area contributed by atoms with Gasteiger partial charge < -0.3 is 10.0 Å². The van der Waals surface area contributed by atoms with Gasteiger partial charge in [0.25, 0.3) is 0 Å². The van der Waals surface area contributed by atoms with Gasteiger partial charge in [-0.05, 0) is 24.2 Å². The van der Waals surface area contributed by atoms with Crippen molar-refractivity contribution in [2.45, 2.75) is 33.6 Å². The van der Waals surface area contributed by atoms with Gasteiger partial charge in [0, 0.05) is 13.1 Å². The van der Waals surface area contributed by atoms with E-state index in [0.717, 1.165) is 25.9 Å². The quantitative estimate of drug-likeness (QED) is 0.681. The molecule has 1 aliphatic heterocycles. The van der Waals surface area contributed by atoms with Crippen LogP contribution in [-0.2, 0) is 0 Å². The Morgan fingerprint density at radius 3 is 2.54 bits per heavy atom. The summed E-state index contributed by atoms with van der Waals surface area (Å²) in [5, 5.41) is 8.76. The lowest BCUT2D eigenvalue weighted by molar-refractivity contribution is 0.152. The van der Waals surface area contributed by atoms with Crippen molar-refractivity contribution in [3.8, 4) is 0 Å². The maximum atomic E-state index is 10.6. The predicted molar refractivity (Wildman–Crippen MR) is 51.8 cm³/mol. The summed E-state index contributed by atoms with van der Waals surface area (Å²) in [6.45, 7) is 8.06. The van der Waals surface area contributed by atoms with E-state index >= 15 is 0 Å². The van der Waals surface area contributed by atoms with Crippen LogP contribution < -0.4 is 0 Å². The van der Waals surface area contributed by atoms with Gasteiger partial charge in [0.2, 0.25) is 0 Å². The van der Waals surface area contributed by atoms with Gasteiger partial charge in [0.15, 0.2) is 0 Å². The van der Waals surface area contributed by atoms with Gasteiger partial charge in [-0.25, -0.2) is 4.79 Å². The predicted octanol–water partition coefficient (Wildman–Crippen LogP) is 2.42. The van der Waals surface area contributed by atoms with Crippen molar-refractivity contribution in [1.29, 1.82) is 0 Å². The average Bonchev–Trinajstić information content (AvgIpc) is 2.31. The summed E-state index contributed by atoms with van der Waals surface area (Å²) in [6, 6.07) is 0. The van der Waals surface area contributed by atoms with E-state index < -0.39 is 6.09 Å². The fraction of sp³-hybridized carbons (Fsp3) is 0.900. The molecule has 1 amide bonds. The number of carboxylic acid groups (broad SMARTS) is 1. The molecule has 0 spiro atoms. The number of amides is 1. The van der Waals surface area contributed by atoms with Crippen molar-refractivity contribution in [2.75, 3.05) is 13.1 Å². The molecule has 0 aromatic carbocycles. The number of hydrogen-bond acceptors (Lipinski definition) is 1. The summed E-state index contributed by atoms with van der Waals surface area (Å²) in [4.78, 5) is 12.2. The third-order valence-corrected chi connectivity index (χ3v) is 2.46. The molecule has 76 valence electrons. The minimum atomic E-state index is -0.767. The van der Waals surface area contributed by atoms with E-state index in [9.17, 15) is 4.79 Å². The Kier molecular flexibility index (Phi) is 2.84. The summed E-state index contributed by atoms with van der Waals surface area (Å²) in [6.07, 6.45) is 1.39. The first-order valence-electron chi connectivity index (χ1n) is 4.86. The highest BCUT2D eigenvalue weighted by atomic mass is 16.4. The van der Waals surface area contributed by atoms with Crippen molar-refractivity contribution in [3.63, 3.8) is 0 Å². The number of carbonyl (C=O) groups is 1. The minimum Gasteiger partial charge on any atom is -0.465 e. The van der Waals surface area contributed by atoms with E-state index in [1.54, 1.807) is 0 Å². The van der Waals surface area contributed by atoms with E-state index in [1.807, 2.05) is 0 Å². The first kappa shape index (κ1) is 10.4. The molecule has 0 radical (unpaired) electrons. The third-order valence-electron chi connectivity index (χ3n) is 2.46. The molecule has 1 rings (SSSR count). The first-order chi connectivity index (χ1) is 5.88. The lowest BCUT2D eigenvalue weighted by atomic mass is 9.84. The molecule has 1 atom stereocenters. The van der Waals surface area contributed by atoms with Crippen LogP contribution in [0.5, 0.6) is 0 Å². The van der Waals surface area contributed by atoms with Crippen LogP contribution in [0.15, 0.2) is 0 Å². The molecule has 0 aliphatic carbocycles. The smallest absolute Gasteiger partial charge is 0.407 e. The van der Waals surface area contributed by atoms with Crippen molar-refractivity contribution >= 4 is 6.09 Å². The molecule has 13 heavy (non-hydrogen) atoms. The van der Waals surface area contributed by atoms with Gasteiger partial charge in [-0.15, -0.1) is 0 Å². The number of likely N-dealkylation sites (tertiary alicyclic amines) is 1. The zero-order valence-electron chi connectivity index (χ0n) is 8.71. The lowest BCUT2D eigenvalue weighted by Crippen LogP contribution is -2.27. The highest BCUT2D eigenvalue weighted by Gasteiger charge is 2.28. The zero-order chi connectivity index (χ0) is 10.1. The van der Waals surface area contributed by atoms with Gasteiger partial charge >= 0.3 is 6.09 Å². The standard InChI is InChI=1S/C10H19NO2/c1-10(2,3)6-8-4-5-11(7-8)9(12)13/h8H,4-7H2,1-3H3,(H,12,13). The van der Waals surface area contributed by atoms with Crippen LogP contribution in [0.3, 0.4) is 0 Å². The molecule has 1 unspecified atom stereocenters. The Morgan fingerprint density at radius 1 is 1.54 bits per heavy atom. The maximum absolute atomic E-state index is 10.6. The van der Waals surface area contributed by atoms with Gasteiger partial charge in [-0.1, -0.05) is 20.8 Å². The molecular weight excluding hydrogens is 166 g/mol. The van der Waals surface area contributed by atoms with Crippen molar-refractivity contribution in [2.24, 2.45) is 11.3 Å². The lowest BCUT2D eigenvalue weighted by Gasteiger charge is -2.22. The van der Waals surface area contributed by atoms with Crippen LogP contribution in [0.4, 0.5) is 4.79 Å². The third kappa shape index (κ3) is 3.25. The minimum absolute atomic E-state index is 0.319. The van der Waals surface area contributed by atoms with Crippen molar-refractivity contribution in [1.82, 2.24) is 4.90 Å². The summed E-state index contributed by atoms with van der Waals surface area (Å²) in [7, 11) is 0. The van der Waals surface area contributed by atoms with E-state index in [0.29, 0.717) is 11.3 Å². The summed E-state index contributed by atoms with van der Waals surface area (Å²) >= 11 is 0. The van der Waals surface area contributed by atoms with Gasteiger partial charge in [0.05, 0.1) is 0 Å². The van der Waals surface area contributed by atoms with Crippen LogP contribution in [0.1, 0.15) is 33.6 Å². The molecule has 1 aliphatic rings. The Balaban J connectivity index is 2.38. The molecule has 0 aromatic heterocycles. The van der Waals surface area contributed by atoms with Gasteiger partial charge in [-0.3, -0.25) is 0 Å². The second-order valence-corrected chi connectivity index (χ2v) is 5.15. The van der Waals surface area contributed by atoms with Crippen molar-refractivity contribution < 1.29 is 9.90 Å². The van der Waals surface area contributed by atoms with E-state index in [2.05, 4.69) is 20.8 Å². The fourth-order valence-electron chi connectivity index (χ4n) is 2.04. The summed E-state index contributed by atoms with van der Waals surface area (Å²) in [5.74, 6) is 0.566. The highest BCUT2D eigenvalue weighted by molar-refractivity contribution is 5.65. The van der Waals surface area contributed by atoms with Crippen LogP contribution in [0.25, 0.3) is 0 Å². The van der Waals surface area contributed by atoms with Crippen LogP contribution in [0.2, 0.25) is 0 Å². The van der Waals surface area contributed by atoms with Crippen LogP contribution >= 0.6 is 0 Å². The molecule has 0 bridgehead atoms. The summed E-state index contributed by atoms with van der Waals surface area (Å²) < 4.78 is 0. The number of nitrogens with zero attached hydrogens (tertiary/aromatic N) is 1. The molecule has 3 nitrogen and oxygen atoms in total. The molecule has 1 heterocycles. The summed E-state index contributed by atoms with van der Waals surface area (Å²) in [5.41, 5.74) is 0.319. The second-order valence-electron chi connectivity index (χ2n) is 5.15. The Hall–Kier alpha value is -0.730.